The molecule has 0 N–H and O–H groups in total. The Morgan fingerprint density at radius 2 is 1.06 bits per heavy atom. The first kappa shape index (κ1) is 41.8. The van der Waals surface area contributed by atoms with Crippen molar-refractivity contribution in [2.75, 3.05) is 28.4 Å². The predicted molar refractivity (Wildman–Crippen MR) is 211 cm³/mol. The van der Waals surface area contributed by atoms with Gasteiger partial charge in [-0.3, -0.25) is 4.79 Å². The average Bonchev–Trinajstić information content (AvgIpc) is 3.12. The molecule has 0 unspecified atom stereocenters. The van der Waals surface area contributed by atoms with Crippen molar-refractivity contribution < 1.29 is 42.1 Å². The van der Waals surface area contributed by atoms with Crippen LogP contribution in [0.1, 0.15) is 41.3 Å². The molecule has 0 spiro atoms. The largest absolute Gasteiger partial charge is 0.497 e. The van der Waals surface area contributed by atoms with Gasteiger partial charge in [0, 0.05) is 13.0 Å². The van der Waals surface area contributed by atoms with Crippen LogP contribution >= 0.6 is 0 Å². The lowest BCUT2D eigenvalue weighted by Crippen LogP contribution is -2.44. The zero-order valence-corrected chi connectivity index (χ0v) is 34.1. The number of aryl methyl sites for hydroxylation is 2. The van der Waals surface area contributed by atoms with Crippen LogP contribution in [0.3, 0.4) is 0 Å². The lowest BCUT2D eigenvalue weighted by Gasteiger charge is -2.34. The molecule has 0 bridgehead atoms. The summed E-state index contributed by atoms with van der Waals surface area (Å²) in [6.45, 7) is 10.7. The van der Waals surface area contributed by atoms with E-state index in [4.69, 9.17) is 32.5 Å². The zero-order chi connectivity index (χ0) is 38.1. The Balaban J connectivity index is 0.000000355. The Hall–Kier alpha value is -4.59. The first-order valence-electron chi connectivity index (χ1n) is 17.5. The second kappa shape index (κ2) is 20.5. The molecule has 0 radical (unpaired) electrons. The Labute approximate surface area is 311 Å². The van der Waals surface area contributed by atoms with Crippen molar-refractivity contribution in [3.63, 3.8) is 0 Å². The van der Waals surface area contributed by atoms with Crippen LogP contribution in [0, 0.1) is 0 Å². The normalized spacial score (nSPS) is 11.1. The minimum Gasteiger partial charge on any atom is -0.497 e. The Morgan fingerprint density at radius 1 is 0.538 bits per heavy atom. The molecule has 4 aromatic carbocycles. The molecule has 0 aliphatic heterocycles. The van der Waals surface area contributed by atoms with Crippen molar-refractivity contribution in [2.45, 2.75) is 70.9 Å². The lowest BCUT2D eigenvalue weighted by atomic mass is 10.1. The maximum atomic E-state index is 11.8. The molecule has 4 aromatic rings. The summed E-state index contributed by atoms with van der Waals surface area (Å²) in [5.41, 5.74) is 2.96. The molecule has 52 heavy (non-hydrogen) atoms. The van der Waals surface area contributed by atoms with Gasteiger partial charge in [0.2, 0.25) is 0 Å². The fourth-order valence-electron chi connectivity index (χ4n) is 5.83. The van der Waals surface area contributed by atoms with E-state index in [1.807, 2.05) is 30.3 Å². The van der Waals surface area contributed by atoms with E-state index in [9.17, 15) is 9.59 Å². The van der Waals surface area contributed by atoms with Gasteiger partial charge in [-0.25, -0.2) is 4.79 Å². The first-order chi connectivity index (χ1) is 24.8. The summed E-state index contributed by atoms with van der Waals surface area (Å²) >= 11 is 0. The number of rotatable bonds is 17. The third-order valence-corrected chi connectivity index (χ3v) is 15.8. The summed E-state index contributed by atoms with van der Waals surface area (Å²) in [6.07, 6.45) is 4.12. The lowest BCUT2D eigenvalue weighted by molar-refractivity contribution is -0.132. The van der Waals surface area contributed by atoms with Crippen molar-refractivity contribution in [3.8, 4) is 34.5 Å². The van der Waals surface area contributed by atoms with E-state index in [-0.39, 0.29) is 11.9 Å². The molecule has 0 aromatic heterocycles. The van der Waals surface area contributed by atoms with Crippen LogP contribution in [-0.2, 0) is 21.8 Å². The molecular weight excluding hydrogens is 693 g/mol. The highest BCUT2D eigenvalue weighted by Gasteiger charge is 2.32. The molecule has 0 amide bonds. The van der Waals surface area contributed by atoms with E-state index in [2.05, 4.69) is 38.3 Å². The van der Waals surface area contributed by atoms with Gasteiger partial charge in [-0.15, -0.1) is 0 Å². The van der Waals surface area contributed by atoms with E-state index >= 15 is 0 Å². The number of hydrogen-bond acceptors (Lipinski definition) is 9. The zero-order valence-electron chi connectivity index (χ0n) is 32.1. The molecule has 4 rings (SSSR count). The number of benzene rings is 4. The highest BCUT2D eigenvalue weighted by atomic mass is 28.4. The maximum Gasteiger partial charge on any atom is 0.343 e. The van der Waals surface area contributed by atoms with Gasteiger partial charge in [-0.1, -0.05) is 36.4 Å². The first-order valence-corrected chi connectivity index (χ1v) is 23.7. The Kier molecular flexibility index (Phi) is 16.5. The number of ether oxygens (including phenoxy) is 6. The molecular formula is C41H54O9Si2. The summed E-state index contributed by atoms with van der Waals surface area (Å²) in [5.74, 6) is 3.00. The Morgan fingerprint density at radius 3 is 1.58 bits per heavy atom. The maximum absolute atomic E-state index is 11.8. The van der Waals surface area contributed by atoms with Crippen LogP contribution in [0.4, 0.5) is 0 Å². The topological polar surface area (TPSA) is 98.8 Å². The van der Waals surface area contributed by atoms with E-state index in [0.717, 1.165) is 49.3 Å². The van der Waals surface area contributed by atoms with Gasteiger partial charge in [0.05, 0.1) is 34.0 Å². The molecule has 0 fully saturated rings. The van der Waals surface area contributed by atoms with E-state index in [1.165, 1.54) is 18.1 Å². The van der Waals surface area contributed by atoms with Crippen LogP contribution < -0.4 is 28.4 Å². The highest BCUT2D eigenvalue weighted by molar-refractivity contribution is 6.84. The SMILES string of the molecule is COc1ccc(CCC[Si](C)(C)O[Si](C)(C)CCCc2ccc(OC(C)=O)c(OC)c2)cc1OC.COc1cccc(OC(=O)c2ccccc2)c1. The summed E-state index contributed by atoms with van der Waals surface area (Å²) < 4.78 is 38.5. The monoisotopic (exact) mass is 746 g/mol. The molecule has 0 saturated carbocycles. The standard InChI is InChI=1S/C27H42O6Si2.C14H12O3/c1-21(28)32-25-16-14-23(20-27(25)31-4)12-10-18-35(7,8)33-34(5,6)17-9-11-22-13-15-24(29-2)26(19-22)30-3;1-16-12-8-5-9-13(10-12)17-14(15)11-6-3-2-4-7-11/h13-16,19-20H,9-12,17-18H2,1-8H3;2-10H,1H3. The van der Waals surface area contributed by atoms with E-state index in [0.29, 0.717) is 28.6 Å². The summed E-state index contributed by atoms with van der Waals surface area (Å²) in [7, 11) is 2.95. The third kappa shape index (κ3) is 14.2. The molecule has 0 heterocycles. The molecule has 280 valence electrons. The third-order valence-electron chi connectivity index (χ3n) is 8.23. The molecule has 0 atom stereocenters. The molecule has 9 nitrogen and oxygen atoms in total. The van der Waals surface area contributed by atoms with E-state index < -0.39 is 16.6 Å². The van der Waals surface area contributed by atoms with Crippen molar-refractivity contribution in [1.29, 1.82) is 0 Å². The quantitative estimate of drug-likeness (QED) is 0.0594. The van der Waals surface area contributed by atoms with Gasteiger partial charge in [-0.05, 0) is 124 Å². The van der Waals surface area contributed by atoms with Crippen molar-refractivity contribution in [3.05, 3.63) is 108 Å². The van der Waals surface area contributed by atoms with Crippen LogP contribution in [0.25, 0.3) is 0 Å². The van der Waals surface area contributed by atoms with Gasteiger partial charge in [0.25, 0.3) is 0 Å². The molecule has 11 heteroatoms. The summed E-state index contributed by atoms with van der Waals surface area (Å²) in [4.78, 5) is 23.0. The molecule has 0 aliphatic rings. The van der Waals surface area contributed by atoms with Crippen LogP contribution in [0.5, 0.6) is 34.5 Å². The van der Waals surface area contributed by atoms with Crippen molar-refractivity contribution >= 4 is 28.6 Å². The highest BCUT2D eigenvalue weighted by Crippen LogP contribution is 2.31. The number of esters is 2. The van der Waals surface area contributed by atoms with E-state index in [1.54, 1.807) is 77.0 Å². The van der Waals surface area contributed by atoms with Gasteiger partial charge in [0.1, 0.15) is 11.5 Å². The molecule has 0 saturated heterocycles. The minimum absolute atomic E-state index is 0.351. The van der Waals surface area contributed by atoms with Crippen molar-refractivity contribution in [2.24, 2.45) is 0 Å². The van der Waals surface area contributed by atoms with Gasteiger partial charge >= 0.3 is 11.9 Å². The van der Waals surface area contributed by atoms with Gasteiger partial charge < -0.3 is 32.5 Å². The van der Waals surface area contributed by atoms with Crippen LogP contribution in [-0.4, -0.2) is 57.0 Å². The molecule has 0 aliphatic carbocycles. The number of carbonyl (C=O) groups is 2. The smallest absolute Gasteiger partial charge is 0.343 e. The average molecular weight is 747 g/mol. The second-order valence-corrected chi connectivity index (χ2v) is 22.4. The summed E-state index contributed by atoms with van der Waals surface area (Å²) in [6, 6.07) is 30.0. The number of carbonyl (C=O) groups excluding carboxylic acids is 2. The fourth-order valence-corrected chi connectivity index (χ4v) is 14.7. The van der Waals surface area contributed by atoms with Gasteiger partial charge in [0.15, 0.2) is 39.6 Å². The fraction of sp³-hybridized carbons (Fsp3) is 0.366. The second-order valence-electron chi connectivity index (χ2n) is 13.5. The van der Waals surface area contributed by atoms with Crippen molar-refractivity contribution in [1.82, 2.24) is 0 Å². The number of methoxy groups -OCH3 is 4. The summed E-state index contributed by atoms with van der Waals surface area (Å²) in [5, 5.41) is 0. The van der Waals surface area contributed by atoms with Crippen LogP contribution in [0.15, 0.2) is 91.0 Å². The Bertz CT molecular complexity index is 1720. The number of hydrogen-bond donors (Lipinski definition) is 0. The van der Waals surface area contributed by atoms with Gasteiger partial charge in [-0.2, -0.15) is 0 Å². The van der Waals surface area contributed by atoms with Crippen LogP contribution in [0.2, 0.25) is 38.3 Å². The predicted octanol–water partition coefficient (Wildman–Crippen LogP) is 9.54. The minimum atomic E-state index is -1.78.